The van der Waals surface area contributed by atoms with Crippen LogP contribution in [-0.2, 0) is 21.2 Å². The lowest BCUT2D eigenvalue weighted by molar-refractivity contribution is 0.0730. The summed E-state index contributed by atoms with van der Waals surface area (Å²) in [6, 6.07) is 7.28. The summed E-state index contributed by atoms with van der Waals surface area (Å²) in [5.74, 6) is 0. The van der Waals surface area contributed by atoms with Crippen molar-refractivity contribution in [2.75, 3.05) is 26.3 Å². The number of hydrogen-bond acceptors (Lipinski definition) is 3. The predicted octanol–water partition coefficient (Wildman–Crippen LogP) is 2.05. The van der Waals surface area contributed by atoms with E-state index in [9.17, 15) is 8.42 Å². The van der Waals surface area contributed by atoms with Crippen LogP contribution in [0.1, 0.15) is 25.3 Å². The molecule has 0 aliphatic carbocycles. The zero-order valence-corrected chi connectivity index (χ0v) is 12.2. The number of nitrogens with zero attached hydrogens (tertiary/aromatic N) is 1. The number of benzene rings is 1. The van der Waals surface area contributed by atoms with Crippen molar-refractivity contribution in [2.24, 2.45) is 0 Å². The minimum absolute atomic E-state index is 0.384. The maximum absolute atomic E-state index is 12.4. The van der Waals surface area contributed by atoms with Crippen molar-refractivity contribution < 1.29 is 13.2 Å². The number of aryl methyl sites for hydroxylation is 1. The Hall–Kier alpha value is -0.910. The molecule has 0 unspecified atom stereocenters. The molecule has 0 spiro atoms. The molecule has 0 aromatic heterocycles. The van der Waals surface area contributed by atoms with E-state index in [0.29, 0.717) is 31.2 Å². The lowest BCUT2D eigenvalue weighted by atomic mass is 10.1. The van der Waals surface area contributed by atoms with Crippen molar-refractivity contribution in [1.82, 2.24) is 4.31 Å². The molecule has 1 aliphatic heterocycles. The molecular formula is C14H21NO3S. The highest BCUT2D eigenvalue weighted by atomic mass is 32.2. The van der Waals surface area contributed by atoms with E-state index in [1.165, 1.54) is 9.87 Å². The summed E-state index contributed by atoms with van der Waals surface area (Å²) in [5.41, 5.74) is 1.20. The first-order chi connectivity index (χ1) is 9.14. The molecule has 4 nitrogen and oxygen atoms in total. The van der Waals surface area contributed by atoms with Gasteiger partial charge < -0.3 is 4.74 Å². The van der Waals surface area contributed by atoms with Gasteiger partial charge in [-0.15, -0.1) is 0 Å². The van der Waals surface area contributed by atoms with E-state index in [1.54, 1.807) is 12.1 Å². The van der Waals surface area contributed by atoms with Gasteiger partial charge in [0.05, 0.1) is 18.1 Å². The molecule has 0 amide bonds. The van der Waals surface area contributed by atoms with E-state index < -0.39 is 10.0 Å². The third-order valence-corrected chi connectivity index (χ3v) is 5.26. The molecule has 1 aromatic rings. The van der Waals surface area contributed by atoms with E-state index in [-0.39, 0.29) is 0 Å². The number of ether oxygens (including phenoxy) is 1. The first-order valence-electron chi connectivity index (χ1n) is 6.81. The van der Waals surface area contributed by atoms with Gasteiger partial charge in [-0.2, -0.15) is 4.31 Å². The van der Waals surface area contributed by atoms with Crippen molar-refractivity contribution in [3.05, 3.63) is 29.8 Å². The average Bonchev–Trinajstić information content (AvgIpc) is 2.46. The highest BCUT2D eigenvalue weighted by Gasteiger charge is 2.25. The summed E-state index contributed by atoms with van der Waals surface area (Å²) >= 11 is 0. The Kier molecular flexibility index (Phi) is 4.96. The van der Waals surface area contributed by atoms with Crippen LogP contribution in [0.5, 0.6) is 0 Å². The van der Waals surface area contributed by atoms with Gasteiger partial charge in [0, 0.05) is 13.1 Å². The van der Waals surface area contributed by atoms with Crippen LogP contribution in [0.2, 0.25) is 0 Å². The Morgan fingerprint density at radius 2 is 1.79 bits per heavy atom. The zero-order valence-electron chi connectivity index (χ0n) is 11.3. The summed E-state index contributed by atoms with van der Waals surface area (Å²) in [7, 11) is -3.35. The number of rotatable bonds is 5. The van der Waals surface area contributed by atoms with Gasteiger partial charge in [0.25, 0.3) is 0 Å². The molecule has 19 heavy (non-hydrogen) atoms. The van der Waals surface area contributed by atoms with Gasteiger partial charge in [-0.1, -0.05) is 25.5 Å². The van der Waals surface area contributed by atoms with Crippen molar-refractivity contribution in [2.45, 2.75) is 31.1 Å². The maximum Gasteiger partial charge on any atom is 0.243 e. The molecule has 1 saturated heterocycles. The SMILES string of the molecule is CCCCc1ccc(S(=O)(=O)N2CCOCC2)cc1. The van der Waals surface area contributed by atoms with Crippen LogP contribution in [0.25, 0.3) is 0 Å². The first-order valence-corrected chi connectivity index (χ1v) is 8.25. The van der Waals surface area contributed by atoms with Gasteiger partial charge in [0.2, 0.25) is 10.0 Å². The van der Waals surface area contributed by atoms with Gasteiger partial charge in [-0.25, -0.2) is 8.42 Å². The lowest BCUT2D eigenvalue weighted by Crippen LogP contribution is -2.40. The number of morpholine rings is 1. The molecular weight excluding hydrogens is 262 g/mol. The largest absolute Gasteiger partial charge is 0.379 e. The monoisotopic (exact) mass is 283 g/mol. The molecule has 0 atom stereocenters. The quantitative estimate of drug-likeness (QED) is 0.831. The standard InChI is InChI=1S/C14H21NO3S/c1-2-3-4-13-5-7-14(8-6-13)19(16,17)15-9-11-18-12-10-15/h5-8H,2-4,9-12H2,1H3. The van der Waals surface area contributed by atoms with Crippen molar-refractivity contribution in [3.63, 3.8) is 0 Å². The fraction of sp³-hybridized carbons (Fsp3) is 0.571. The van der Waals surface area contributed by atoms with E-state index in [4.69, 9.17) is 4.74 Å². The summed E-state index contributed by atoms with van der Waals surface area (Å²) in [6.45, 7) is 4.00. The molecule has 1 aromatic carbocycles. The van der Waals surface area contributed by atoms with E-state index in [2.05, 4.69) is 6.92 Å². The molecule has 2 rings (SSSR count). The Morgan fingerprint density at radius 3 is 2.37 bits per heavy atom. The molecule has 106 valence electrons. The predicted molar refractivity (Wildman–Crippen MR) is 74.6 cm³/mol. The zero-order chi connectivity index (χ0) is 13.7. The second kappa shape index (κ2) is 6.50. The van der Waals surface area contributed by atoms with E-state index in [0.717, 1.165) is 19.3 Å². The molecule has 0 saturated carbocycles. The fourth-order valence-corrected chi connectivity index (χ4v) is 3.55. The smallest absolute Gasteiger partial charge is 0.243 e. The van der Waals surface area contributed by atoms with Crippen LogP contribution in [0, 0.1) is 0 Å². The van der Waals surface area contributed by atoms with Crippen LogP contribution >= 0.6 is 0 Å². The van der Waals surface area contributed by atoms with Crippen LogP contribution in [0.3, 0.4) is 0 Å². The molecule has 0 radical (unpaired) electrons. The third-order valence-electron chi connectivity index (χ3n) is 3.35. The first kappa shape index (κ1) is 14.5. The number of sulfonamides is 1. The van der Waals surface area contributed by atoms with Crippen molar-refractivity contribution in [1.29, 1.82) is 0 Å². The fourth-order valence-electron chi connectivity index (χ4n) is 2.15. The minimum atomic E-state index is -3.35. The molecule has 1 aliphatic rings. The average molecular weight is 283 g/mol. The van der Waals surface area contributed by atoms with Gasteiger partial charge in [0.15, 0.2) is 0 Å². The molecule has 0 bridgehead atoms. The topological polar surface area (TPSA) is 46.6 Å². The molecule has 0 N–H and O–H groups in total. The highest BCUT2D eigenvalue weighted by molar-refractivity contribution is 7.89. The maximum atomic E-state index is 12.4. The van der Waals surface area contributed by atoms with Gasteiger partial charge in [-0.3, -0.25) is 0 Å². The van der Waals surface area contributed by atoms with Crippen LogP contribution in [0.4, 0.5) is 0 Å². The molecule has 1 heterocycles. The normalized spacial score (nSPS) is 17.5. The summed E-state index contributed by atoms with van der Waals surface area (Å²) in [4.78, 5) is 0.384. The summed E-state index contributed by atoms with van der Waals surface area (Å²) in [5, 5.41) is 0. The van der Waals surface area contributed by atoms with Crippen LogP contribution < -0.4 is 0 Å². The second-order valence-electron chi connectivity index (χ2n) is 4.76. The van der Waals surface area contributed by atoms with Gasteiger partial charge >= 0.3 is 0 Å². The highest BCUT2D eigenvalue weighted by Crippen LogP contribution is 2.18. The summed E-state index contributed by atoms with van der Waals surface area (Å²) < 4.78 is 31.5. The van der Waals surface area contributed by atoms with Crippen molar-refractivity contribution >= 4 is 10.0 Å². The Bertz CT molecular complexity index is 490. The number of unbranched alkanes of at least 4 members (excludes halogenated alkanes) is 1. The summed E-state index contributed by atoms with van der Waals surface area (Å²) in [6.07, 6.45) is 3.29. The third kappa shape index (κ3) is 3.55. The van der Waals surface area contributed by atoms with Crippen molar-refractivity contribution in [3.8, 4) is 0 Å². The lowest BCUT2D eigenvalue weighted by Gasteiger charge is -2.26. The van der Waals surface area contributed by atoms with E-state index in [1.807, 2.05) is 12.1 Å². The van der Waals surface area contributed by atoms with Gasteiger partial charge in [-0.05, 0) is 30.5 Å². The van der Waals surface area contributed by atoms with Crippen LogP contribution in [0.15, 0.2) is 29.2 Å². The van der Waals surface area contributed by atoms with Gasteiger partial charge in [0.1, 0.15) is 0 Å². The Balaban J connectivity index is 2.11. The van der Waals surface area contributed by atoms with E-state index >= 15 is 0 Å². The van der Waals surface area contributed by atoms with Crippen LogP contribution in [-0.4, -0.2) is 39.0 Å². The Labute approximate surface area is 115 Å². The second-order valence-corrected chi connectivity index (χ2v) is 6.70. The minimum Gasteiger partial charge on any atom is -0.379 e. The molecule has 5 heteroatoms. The molecule has 1 fully saturated rings. The Morgan fingerprint density at radius 1 is 1.16 bits per heavy atom. The number of hydrogen-bond donors (Lipinski definition) is 0.